The van der Waals surface area contributed by atoms with Gasteiger partial charge in [0.25, 0.3) is 5.91 Å². The van der Waals surface area contributed by atoms with Gasteiger partial charge in [-0.3, -0.25) is 9.59 Å². The van der Waals surface area contributed by atoms with Crippen molar-refractivity contribution in [3.05, 3.63) is 36.0 Å². The van der Waals surface area contributed by atoms with Crippen molar-refractivity contribution < 1.29 is 9.59 Å². The molecule has 2 heterocycles. The number of rotatable bonds is 5. The third-order valence-electron chi connectivity index (χ3n) is 4.22. The third kappa shape index (κ3) is 3.69. The van der Waals surface area contributed by atoms with E-state index in [1.54, 1.807) is 6.07 Å². The van der Waals surface area contributed by atoms with E-state index >= 15 is 0 Å². The second-order valence-electron chi connectivity index (χ2n) is 5.90. The van der Waals surface area contributed by atoms with Gasteiger partial charge in [0.1, 0.15) is 5.69 Å². The number of nitrogens with zero attached hydrogens (tertiary/aromatic N) is 1. The fraction of sp³-hybridized carbons (Fsp3) is 0.412. The van der Waals surface area contributed by atoms with E-state index in [2.05, 4.69) is 16.6 Å². The number of benzene rings is 1. The molecule has 1 aromatic heterocycles. The number of aromatic nitrogens is 1. The molecule has 1 unspecified atom stereocenters. The summed E-state index contributed by atoms with van der Waals surface area (Å²) >= 11 is 1.82. The number of thioether (sulfide) groups is 1. The molecular weight excluding hydrogens is 310 g/mol. The maximum atomic E-state index is 12.2. The molecule has 2 aromatic rings. The van der Waals surface area contributed by atoms with Gasteiger partial charge in [0.15, 0.2) is 0 Å². The lowest BCUT2D eigenvalue weighted by molar-refractivity contribution is -0.129. The van der Waals surface area contributed by atoms with Crippen LogP contribution in [0, 0.1) is 5.92 Å². The van der Waals surface area contributed by atoms with E-state index in [-0.39, 0.29) is 18.4 Å². The normalized spacial score (nSPS) is 17.6. The average molecular weight is 331 g/mol. The molecule has 1 atom stereocenters. The summed E-state index contributed by atoms with van der Waals surface area (Å²) in [6.45, 7) is 1.66. The van der Waals surface area contributed by atoms with Gasteiger partial charge in [0, 0.05) is 24.0 Å². The second kappa shape index (κ2) is 7.08. The summed E-state index contributed by atoms with van der Waals surface area (Å²) in [4.78, 5) is 29.3. The van der Waals surface area contributed by atoms with Gasteiger partial charge in [-0.2, -0.15) is 11.8 Å². The topological polar surface area (TPSA) is 65.2 Å². The van der Waals surface area contributed by atoms with Gasteiger partial charge in [-0.15, -0.1) is 0 Å². The number of H-pyrrole nitrogens is 1. The monoisotopic (exact) mass is 331 g/mol. The molecule has 6 heteroatoms. The van der Waals surface area contributed by atoms with E-state index in [0.717, 1.165) is 36.2 Å². The lowest BCUT2D eigenvalue weighted by Gasteiger charge is -2.16. The van der Waals surface area contributed by atoms with Crippen molar-refractivity contribution in [2.45, 2.75) is 6.42 Å². The Bertz CT molecular complexity index is 680. The predicted molar refractivity (Wildman–Crippen MR) is 93.7 cm³/mol. The first-order valence-electron chi connectivity index (χ1n) is 7.80. The van der Waals surface area contributed by atoms with Crippen molar-refractivity contribution in [3.8, 4) is 0 Å². The van der Waals surface area contributed by atoms with Crippen molar-refractivity contribution >= 4 is 34.5 Å². The number of carbonyl (C=O) groups excluding carboxylic acids is 2. The number of fused-ring (bicyclic) bond motifs is 1. The van der Waals surface area contributed by atoms with Gasteiger partial charge in [0.05, 0.1) is 6.54 Å². The predicted octanol–water partition coefficient (Wildman–Crippen LogP) is 2.11. The van der Waals surface area contributed by atoms with Crippen molar-refractivity contribution in [1.82, 2.24) is 15.2 Å². The second-order valence-corrected chi connectivity index (χ2v) is 6.81. The molecule has 0 radical (unpaired) electrons. The minimum Gasteiger partial charge on any atom is -0.351 e. The van der Waals surface area contributed by atoms with Crippen LogP contribution in [0.5, 0.6) is 0 Å². The molecule has 1 saturated heterocycles. The van der Waals surface area contributed by atoms with E-state index in [4.69, 9.17) is 0 Å². The quantitative estimate of drug-likeness (QED) is 0.882. The molecule has 1 aliphatic rings. The Labute approximate surface area is 139 Å². The third-order valence-corrected chi connectivity index (χ3v) is 5.02. The molecule has 0 bridgehead atoms. The van der Waals surface area contributed by atoms with Crippen LogP contribution in [0.1, 0.15) is 16.9 Å². The molecule has 5 nitrogen and oxygen atoms in total. The SMILES string of the molecule is CSCC1CCN(C(=O)CNC(=O)c2cc3ccccc3[nH]2)C1. The zero-order chi connectivity index (χ0) is 16.2. The number of amides is 2. The Morgan fingerprint density at radius 2 is 2.22 bits per heavy atom. The van der Waals surface area contributed by atoms with Gasteiger partial charge < -0.3 is 15.2 Å². The number of nitrogens with one attached hydrogen (secondary N) is 2. The van der Waals surface area contributed by atoms with Crippen molar-refractivity contribution in [2.24, 2.45) is 5.92 Å². The molecule has 0 spiro atoms. The highest BCUT2D eigenvalue weighted by molar-refractivity contribution is 7.98. The molecule has 2 N–H and O–H groups in total. The zero-order valence-corrected chi connectivity index (χ0v) is 14.0. The molecule has 23 heavy (non-hydrogen) atoms. The number of carbonyl (C=O) groups is 2. The Balaban J connectivity index is 1.53. The fourth-order valence-electron chi connectivity index (χ4n) is 2.99. The van der Waals surface area contributed by atoms with Crippen LogP contribution in [0.15, 0.2) is 30.3 Å². The summed E-state index contributed by atoms with van der Waals surface area (Å²) in [6, 6.07) is 9.53. The Kier molecular flexibility index (Phi) is 4.91. The van der Waals surface area contributed by atoms with E-state index in [1.165, 1.54) is 0 Å². The number of para-hydroxylation sites is 1. The van der Waals surface area contributed by atoms with E-state index in [9.17, 15) is 9.59 Å². The fourth-order valence-corrected chi connectivity index (χ4v) is 3.73. The van der Waals surface area contributed by atoms with Crippen molar-refractivity contribution in [2.75, 3.05) is 31.6 Å². The minimum atomic E-state index is -0.241. The van der Waals surface area contributed by atoms with Crippen LogP contribution in [-0.4, -0.2) is 53.3 Å². The first-order valence-corrected chi connectivity index (χ1v) is 9.19. The maximum absolute atomic E-state index is 12.2. The summed E-state index contributed by atoms with van der Waals surface area (Å²) in [5, 5.41) is 3.71. The van der Waals surface area contributed by atoms with Crippen LogP contribution in [0.4, 0.5) is 0 Å². The van der Waals surface area contributed by atoms with Crippen LogP contribution in [-0.2, 0) is 4.79 Å². The summed E-state index contributed by atoms with van der Waals surface area (Å²) < 4.78 is 0. The molecule has 2 amide bonds. The largest absolute Gasteiger partial charge is 0.351 e. The highest BCUT2D eigenvalue weighted by Crippen LogP contribution is 2.19. The zero-order valence-electron chi connectivity index (χ0n) is 13.2. The first-order chi connectivity index (χ1) is 11.2. The van der Waals surface area contributed by atoms with Crippen LogP contribution < -0.4 is 5.32 Å². The van der Waals surface area contributed by atoms with Gasteiger partial charge in [-0.1, -0.05) is 18.2 Å². The van der Waals surface area contributed by atoms with Crippen LogP contribution in [0.25, 0.3) is 10.9 Å². The number of likely N-dealkylation sites (tertiary alicyclic amines) is 1. The molecule has 1 aliphatic heterocycles. The Morgan fingerprint density at radius 3 is 3.00 bits per heavy atom. The van der Waals surface area contributed by atoms with Crippen LogP contribution in [0.2, 0.25) is 0 Å². The molecule has 1 aromatic carbocycles. The summed E-state index contributed by atoms with van der Waals surface area (Å²) in [5.74, 6) is 1.43. The van der Waals surface area contributed by atoms with Gasteiger partial charge in [0.2, 0.25) is 5.91 Å². The van der Waals surface area contributed by atoms with Crippen LogP contribution >= 0.6 is 11.8 Å². The summed E-state index contributed by atoms with van der Waals surface area (Å²) in [5.41, 5.74) is 1.41. The highest BCUT2D eigenvalue weighted by Gasteiger charge is 2.25. The van der Waals surface area contributed by atoms with Gasteiger partial charge in [-0.05, 0) is 36.5 Å². The lowest BCUT2D eigenvalue weighted by Crippen LogP contribution is -2.39. The molecular formula is C17H21N3O2S. The van der Waals surface area contributed by atoms with Crippen LogP contribution in [0.3, 0.4) is 0 Å². The number of aromatic amines is 1. The molecule has 3 rings (SSSR count). The smallest absolute Gasteiger partial charge is 0.268 e. The maximum Gasteiger partial charge on any atom is 0.268 e. The van der Waals surface area contributed by atoms with E-state index in [1.807, 2.05) is 40.9 Å². The summed E-state index contributed by atoms with van der Waals surface area (Å²) in [6.07, 6.45) is 3.15. The van der Waals surface area contributed by atoms with Crippen molar-refractivity contribution in [3.63, 3.8) is 0 Å². The Hall–Kier alpha value is -1.95. The van der Waals surface area contributed by atoms with Gasteiger partial charge >= 0.3 is 0 Å². The lowest BCUT2D eigenvalue weighted by atomic mass is 10.2. The standard InChI is InChI=1S/C17H21N3O2S/c1-23-11-12-6-7-20(10-12)16(21)9-18-17(22)15-8-13-4-2-3-5-14(13)19-15/h2-5,8,12,19H,6-7,9-11H2,1H3,(H,18,22). The van der Waals surface area contributed by atoms with Gasteiger partial charge in [-0.25, -0.2) is 0 Å². The number of hydrogen-bond donors (Lipinski definition) is 2. The molecule has 122 valence electrons. The van der Waals surface area contributed by atoms with E-state index in [0.29, 0.717) is 11.6 Å². The molecule has 1 fully saturated rings. The first kappa shape index (κ1) is 15.9. The number of hydrogen-bond acceptors (Lipinski definition) is 3. The Morgan fingerprint density at radius 1 is 1.39 bits per heavy atom. The summed E-state index contributed by atoms with van der Waals surface area (Å²) in [7, 11) is 0. The molecule has 0 saturated carbocycles. The highest BCUT2D eigenvalue weighted by atomic mass is 32.2. The average Bonchev–Trinajstić information content (AvgIpc) is 3.19. The minimum absolute atomic E-state index is 0.00179. The van der Waals surface area contributed by atoms with E-state index < -0.39 is 0 Å². The van der Waals surface area contributed by atoms with Crippen molar-refractivity contribution in [1.29, 1.82) is 0 Å². The molecule has 0 aliphatic carbocycles.